The number of carbonyl (C=O) groups excluding carboxylic acids is 1. The van der Waals surface area contributed by atoms with Gasteiger partial charge in [-0.25, -0.2) is 10.1 Å². The van der Waals surface area contributed by atoms with E-state index in [0.29, 0.717) is 23.2 Å². The van der Waals surface area contributed by atoms with Crippen molar-refractivity contribution in [1.29, 1.82) is 0 Å². The molecular formula is C21H25N7O4S. The zero-order valence-corrected chi connectivity index (χ0v) is 19.3. The number of hydrogen-bond acceptors (Lipinski definition) is 10. The first-order chi connectivity index (χ1) is 16.0. The molecule has 0 atom stereocenters. The third-order valence-electron chi connectivity index (χ3n) is 4.43. The van der Waals surface area contributed by atoms with E-state index < -0.39 is 0 Å². The molecule has 3 aromatic rings. The number of amides is 1. The number of rotatable bonds is 11. The molecule has 4 N–H and O–H groups in total. The highest BCUT2D eigenvalue weighted by Gasteiger charge is 2.12. The second-order valence-corrected chi connectivity index (χ2v) is 7.52. The number of nitrogens with one attached hydrogen (secondary N) is 2. The number of hydrazone groups is 1. The van der Waals surface area contributed by atoms with E-state index in [1.54, 1.807) is 39.7 Å². The van der Waals surface area contributed by atoms with Gasteiger partial charge in [0.25, 0.3) is 5.95 Å². The fourth-order valence-electron chi connectivity index (χ4n) is 2.67. The minimum atomic E-state index is -0.153. The van der Waals surface area contributed by atoms with Crippen LogP contribution in [-0.4, -0.2) is 54.1 Å². The minimum Gasteiger partial charge on any atom is -0.497 e. The molecule has 0 radical (unpaired) electrons. The molecule has 0 spiro atoms. The lowest BCUT2D eigenvalue weighted by molar-refractivity contribution is -0.118. The quantitative estimate of drug-likeness (QED) is 0.166. The molecule has 0 unspecified atom stereocenters. The molecule has 2 aromatic carbocycles. The highest BCUT2D eigenvalue weighted by molar-refractivity contribution is 7.99. The molecule has 1 heterocycles. The zero-order valence-electron chi connectivity index (χ0n) is 18.4. The van der Waals surface area contributed by atoms with Crippen molar-refractivity contribution in [3.63, 3.8) is 0 Å². The van der Waals surface area contributed by atoms with Crippen LogP contribution in [-0.2, 0) is 11.3 Å². The molecule has 174 valence electrons. The number of nitrogens with zero attached hydrogens (tertiary/aromatic N) is 4. The van der Waals surface area contributed by atoms with E-state index in [1.165, 1.54) is 16.4 Å². The molecule has 33 heavy (non-hydrogen) atoms. The zero-order chi connectivity index (χ0) is 23.6. The molecule has 1 aromatic heterocycles. The van der Waals surface area contributed by atoms with Crippen molar-refractivity contribution in [2.75, 3.05) is 38.4 Å². The molecule has 0 aliphatic heterocycles. The number of ether oxygens (including phenoxy) is 3. The van der Waals surface area contributed by atoms with Gasteiger partial charge in [-0.15, -0.1) is 10.2 Å². The number of aromatic nitrogens is 3. The lowest BCUT2D eigenvalue weighted by Gasteiger charge is -2.07. The van der Waals surface area contributed by atoms with E-state index in [4.69, 9.17) is 20.1 Å². The number of nitrogens with two attached hydrogens (primary N) is 1. The van der Waals surface area contributed by atoms with Gasteiger partial charge in [0, 0.05) is 6.54 Å². The summed E-state index contributed by atoms with van der Waals surface area (Å²) in [4.78, 5) is 12.1. The standard InChI is InChI=1S/C21H25N7O4S/c1-30-16-7-4-14(5-8-16)11-23-19(29)13-33-21-27-26-20(28(21)22)25-24-12-15-6-9-17(31-2)18(10-15)32-3/h4-10,12H,11,13,22H2,1-3H3,(H,23,29)(H,25,26)/b24-12+. The Labute approximate surface area is 195 Å². The number of nitrogen functional groups attached to an aromatic ring is 1. The molecule has 0 aliphatic rings. The van der Waals surface area contributed by atoms with Crippen LogP contribution in [0.5, 0.6) is 17.2 Å². The van der Waals surface area contributed by atoms with Crippen LogP contribution in [0.1, 0.15) is 11.1 Å². The maximum Gasteiger partial charge on any atom is 0.264 e. The molecule has 0 saturated carbocycles. The molecule has 1 amide bonds. The summed E-state index contributed by atoms with van der Waals surface area (Å²) >= 11 is 1.17. The van der Waals surface area contributed by atoms with Gasteiger partial charge in [-0.3, -0.25) is 4.79 Å². The summed E-state index contributed by atoms with van der Waals surface area (Å²) in [5.41, 5.74) is 4.48. The minimum absolute atomic E-state index is 0.139. The predicted molar refractivity (Wildman–Crippen MR) is 126 cm³/mol. The van der Waals surface area contributed by atoms with Crippen molar-refractivity contribution < 1.29 is 19.0 Å². The number of methoxy groups -OCH3 is 3. The van der Waals surface area contributed by atoms with Gasteiger partial charge in [0.15, 0.2) is 11.5 Å². The Morgan fingerprint density at radius 3 is 2.55 bits per heavy atom. The SMILES string of the molecule is COc1ccc(CNC(=O)CSc2nnc(N/N=C/c3ccc(OC)c(OC)c3)n2N)cc1. The highest BCUT2D eigenvalue weighted by Crippen LogP contribution is 2.26. The Bertz CT molecular complexity index is 1100. The highest BCUT2D eigenvalue weighted by atomic mass is 32.2. The fraction of sp³-hybridized carbons (Fsp3) is 0.238. The fourth-order valence-corrected chi connectivity index (χ4v) is 3.36. The normalized spacial score (nSPS) is 10.8. The second-order valence-electron chi connectivity index (χ2n) is 6.57. The number of hydrogen-bond donors (Lipinski definition) is 3. The third-order valence-corrected chi connectivity index (χ3v) is 5.37. The molecule has 12 heteroatoms. The van der Waals surface area contributed by atoms with Crippen molar-refractivity contribution in [3.8, 4) is 17.2 Å². The lowest BCUT2D eigenvalue weighted by atomic mass is 10.2. The molecule has 0 bridgehead atoms. The number of benzene rings is 2. The second kappa shape index (κ2) is 11.6. The molecule has 11 nitrogen and oxygen atoms in total. The number of carbonyl (C=O) groups is 1. The van der Waals surface area contributed by atoms with Gasteiger partial charge in [-0.05, 0) is 41.5 Å². The summed E-state index contributed by atoms with van der Waals surface area (Å²) in [6.45, 7) is 0.413. The summed E-state index contributed by atoms with van der Waals surface area (Å²) in [7, 11) is 4.74. The van der Waals surface area contributed by atoms with Gasteiger partial charge in [-0.1, -0.05) is 23.9 Å². The van der Waals surface area contributed by atoms with Crippen LogP contribution < -0.4 is 30.8 Å². The maximum absolute atomic E-state index is 12.1. The summed E-state index contributed by atoms with van der Waals surface area (Å²) in [5.74, 6) is 8.19. The smallest absolute Gasteiger partial charge is 0.264 e. The van der Waals surface area contributed by atoms with Crippen LogP contribution in [0.15, 0.2) is 52.7 Å². The van der Waals surface area contributed by atoms with Crippen molar-refractivity contribution >= 4 is 29.8 Å². The number of anilines is 1. The van der Waals surface area contributed by atoms with Gasteiger partial charge >= 0.3 is 0 Å². The maximum atomic E-state index is 12.1. The Balaban J connectivity index is 1.48. The van der Waals surface area contributed by atoms with Crippen LogP contribution >= 0.6 is 11.8 Å². The van der Waals surface area contributed by atoms with E-state index in [9.17, 15) is 4.79 Å². The van der Waals surface area contributed by atoms with Gasteiger partial charge in [0.2, 0.25) is 11.1 Å². The summed E-state index contributed by atoms with van der Waals surface area (Å²) in [5, 5.41) is 15.3. The first-order valence-electron chi connectivity index (χ1n) is 9.78. The van der Waals surface area contributed by atoms with Crippen molar-refractivity contribution in [2.45, 2.75) is 11.7 Å². The van der Waals surface area contributed by atoms with Crippen molar-refractivity contribution in [2.24, 2.45) is 5.10 Å². The van der Waals surface area contributed by atoms with Crippen LogP contribution in [0, 0.1) is 0 Å². The van der Waals surface area contributed by atoms with Gasteiger partial charge in [-0.2, -0.15) is 5.10 Å². The topological polar surface area (TPSA) is 138 Å². The van der Waals surface area contributed by atoms with Gasteiger partial charge < -0.3 is 25.4 Å². The van der Waals surface area contributed by atoms with Crippen LogP contribution in [0.25, 0.3) is 0 Å². The Morgan fingerprint density at radius 1 is 1.09 bits per heavy atom. The summed E-state index contributed by atoms with van der Waals surface area (Å²) < 4.78 is 16.8. The third kappa shape index (κ3) is 6.53. The van der Waals surface area contributed by atoms with Crippen molar-refractivity contribution in [1.82, 2.24) is 20.2 Å². The van der Waals surface area contributed by atoms with E-state index in [2.05, 4.69) is 26.0 Å². The predicted octanol–water partition coefficient (Wildman–Crippen LogP) is 1.87. The lowest BCUT2D eigenvalue weighted by Crippen LogP contribution is -2.25. The Hall–Kier alpha value is -3.93. The summed E-state index contributed by atoms with van der Waals surface area (Å²) in [6.07, 6.45) is 1.58. The van der Waals surface area contributed by atoms with Gasteiger partial charge in [0.05, 0.1) is 33.3 Å². The molecule has 0 fully saturated rings. The average Bonchev–Trinajstić information content (AvgIpc) is 3.20. The Kier molecular flexibility index (Phi) is 8.36. The Morgan fingerprint density at radius 2 is 1.85 bits per heavy atom. The first-order valence-corrected chi connectivity index (χ1v) is 10.8. The van der Waals surface area contributed by atoms with E-state index >= 15 is 0 Å². The molecule has 0 saturated heterocycles. The average molecular weight is 472 g/mol. The van der Waals surface area contributed by atoms with Crippen LogP contribution in [0.4, 0.5) is 5.95 Å². The summed E-state index contributed by atoms with van der Waals surface area (Å²) in [6, 6.07) is 12.9. The van der Waals surface area contributed by atoms with Crippen molar-refractivity contribution in [3.05, 3.63) is 53.6 Å². The number of thioether (sulfide) groups is 1. The molecular weight excluding hydrogens is 446 g/mol. The van der Waals surface area contributed by atoms with Crippen LogP contribution in [0.3, 0.4) is 0 Å². The van der Waals surface area contributed by atoms with E-state index in [0.717, 1.165) is 16.9 Å². The van der Waals surface area contributed by atoms with E-state index in [1.807, 2.05) is 30.3 Å². The van der Waals surface area contributed by atoms with E-state index in [-0.39, 0.29) is 17.6 Å². The molecule has 3 rings (SSSR count). The van der Waals surface area contributed by atoms with Gasteiger partial charge in [0.1, 0.15) is 5.75 Å². The van der Waals surface area contributed by atoms with Crippen LogP contribution in [0.2, 0.25) is 0 Å². The molecule has 0 aliphatic carbocycles. The first kappa shape index (κ1) is 23.7. The monoisotopic (exact) mass is 471 g/mol. The largest absolute Gasteiger partial charge is 0.497 e.